The number of aromatic hydroxyl groups is 1. The minimum Gasteiger partial charge on any atom is -0.506 e. The lowest BCUT2D eigenvalue weighted by molar-refractivity contribution is -0.149. The smallest absolute Gasteiger partial charge is 0.341 e. The molecule has 0 unspecified atom stereocenters. The first-order chi connectivity index (χ1) is 21.4. The van der Waals surface area contributed by atoms with Crippen LogP contribution < -0.4 is 0 Å². The number of ether oxygens (including phenoxy) is 5. The molecular formula is C35H36O9. The predicted octanol–water partition coefficient (Wildman–Crippen LogP) is 5.39. The standard InChI is InChI=1S/C35H36O9/c1-40-34(38)28-18-27(19-29(31(28)37)35(39)41-2)32(43-21-25-14-8-4-9-15-25)33(44-22-26-16-10-5-11-17-26)30(36)23-42-20-24-12-6-3-7-13-24/h3-19,30,32-33,36-37H,20-23H2,1-2H3/t30-,32-,33+/m1/s1. The minimum absolute atomic E-state index is 0.106. The molecule has 9 heteroatoms. The van der Waals surface area contributed by atoms with Crippen LogP contribution in [0.3, 0.4) is 0 Å². The van der Waals surface area contributed by atoms with Crippen molar-refractivity contribution in [2.24, 2.45) is 0 Å². The molecule has 0 saturated carbocycles. The van der Waals surface area contributed by atoms with Crippen LogP contribution in [0.2, 0.25) is 0 Å². The number of benzene rings is 4. The molecular weight excluding hydrogens is 564 g/mol. The van der Waals surface area contributed by atoms with Gasteiger partial charge in [-0.25, -0.2) is 9.59 Å². The fourth-order valence-electron chi connectivity index (χ4n) is 4.63. The molecule has 4 aromatic rings. The number of hydrogen-bond donors (Lipinski definition) is 2. The molecule has 9 nitrogen and oxygen atoms in total. The van der Waals surface area contributed by atoms with Crippen LogP contribution in [-0.4, -0.2) is 55.2 Å². The molecule has 0 aliphatic heterocycles. The topological polar surface area (TPSA) is 121 Å². The Morgan fingerprint density at radius 1 is 0.659 bits per heavy atom. The monoisotopic (exact) mass is 600 g/mol. The van der Waals surface area contributed by atoms with E-state index >= 15 is 0 Å². The highest BCUT2D eigenvalue weighted by atomic mass is 16.6. The number of carbonyl (C=O) groups excluding carboxylic acids is 2. The van der Waals surface area contributed by atoms with Crippen LogP contribution in [0.4, 0.5) is 0 Å². The third-order valence-corrected chi connectivity index (χ3v) is 6.91. The molecule has 44 heavy (non-hydrogen) atoms. The predicted molar refractivity (Wildman–Crippen MR) is 162 cm³/mol. The van der Waals surface area contributed by atoms with Gasteiger partial charge in [-0.05, 0) is 34.4 Å². The van der Waals surface area contributed by atoms with Crippen LogP contribution in [0.25, 0.3) is 0 Å². The van der Waals surface area contributed by atoms with E-state index in [1.54, 1.807) is 0 Å². The summed E-state index contributed by atoms with van der Waals surface area (Å²) in [5.74, 6) is -2.34. The molecule has 2 N–H and O–H groups in total. The summed E-state index contributed by atoms with van der Waals surface area (Å²) in [7, 11) is 2.32. The maximum atomic E-state index is 12.7. The van der Waals surface area contributed by atoms with Crippen LogP contribution >= 0.6 is 0 Å². The molecule has 4 rings (SSSR count). The van der Waals surface area contributed by atoms with Gasteiger partial charge in [0.15, 0.2) is 0 Å². The Hall–Kier alpha value is -4.54. The van der Waals surface area contributed by atoms with Crippen LogP contribution in [0.15, 0.2) is 103 Å². The van der Waals surface area contributed by atoms with Gasteiger partial charge >= 0.3 is 11.9 Å². The first kappa shape index (κ1) is 32.4. The Kier molecular flexibility index (Phi) is 12.0. The second kappa shape index (κ2) is 16.3. The van der Waals surface area contributed by atoms with E-state index in [0.717, 1.165) is 30.9 Å². The second-order valence-electron chi connectivity index (χ2n) is 9.99. The highest BCUT2D eigenvalue weighted by Crippen LogP contribution is 2.34. The van der Waals surface area contributed by atoms with Gasteiger partial charge in [0.25, 0.3) is 0 Å². The van der Waals surface area contributed by atoms with E-state index in [4.69, 9.17) is 23.7 Å². The Morgan fingerprint density at radius 2 is 1.09 bits per heavy atom. The Labute approximate surface area is 256 Å². The van der Waals surface area contributed by atoms with Gasteiger partial charge in [-0.15, -0.1) is 0 Å². The van der Waals surface area contributed by atoms with Gasteiger partial charge in [0, 0.05) is 0 Å². The number of hydrogen-bond acceptors (Lipinski definition) is 9. The van der Waals surface area contributed by atoms with E-state index in [1.165, 1.54) is 12.1 Å². The molecule has 230 valence electrons. The van der Waals surface area contributed by atoms with Crippen molar-refractivity contribution in [2.45, 2.75) is 38.1 Å². The molecule has 0 aromatic heterocycles. The summed E-state index contributed by atoms with van der Waals surface area (Å²) in [6.07, 6.45) is -3.29. The molecule has 0 aliphatic rings. The summed E-state index contributed by atoms with van der Waals surface area (Å²) in [5, 5.41) is 22.3. The number of phenols is 1. The van der Waals surface area contributed by atoms with Gasteiger partial charge in [-0.1, -0.05) is 91.0 Å². The van der Waals surface area contributed by atoms with Gasteiger partial charge in [0.2, 0.25) is 0 Å². The molecule has 0 amide bonds. The number of aliphatic hydroxyl groups is 1. The number of carbonyl (C=O) groups is 2. The van der Waals surface area contributed by atoms with Crippen LogP contribution in [-0.2, 0) is 43.5 Å². The summed E-state index contributed by atoms with van der Waals surface area (Å²) in [6, 6.07) is 31.1. The fraction of sp³-hybridized carbons (Fsp3) is 0.257. The number of esters is 2. The summed E-state index contributed by atoms with van der Waals surface area (Å²) in [6.45, 7) is 0.386. The average Bonchev–Trinajstić information content (AvgIpc) is 3.07. The number of methoxy groups -OCH3 is 2. The molecule has 0 fully saturated rings. The molecule has 0 spiro atoms. The van der Waals surface area contributed by atoms with Crippen molar-refractivity contribution < 1.29 is 43.5 Å². The van der Waals surface area contributed by atoms with Crippen molar-refractivity contribution in [3.63, 3.8) is 0 Å². The third kappa shape index (κ3) is 8.75. The molecule has 3 atom stereocenters. The molecule has 0 saturated heterocycles. The Morgan fingerprint density at radius 3 is 1.55 bits per heavy atom. The Bertz CT molecular complexity index is 1440. The van der Waals surface area contributed by atoms with Crippen LogP contribution in [0.5, 0.6) is 5.75 Å². The van der Waals surface area contributed by atoms with Gasteiger partial charge in [0.05, 0.1) is 40.6 Å². The zero-order valence-corrected chi connectivity index (χ0v) is 24.6. The fourth-order valence-corrected chi connectivity index (χ4v) is 4.63. The summed E-state index contributed by atoms with van der Waals surface area (Å²) >= 11 is 0. The zero-order valence-electron chi connectivity index (χ0n) is 24.6. The number of phenolic OH excluding ortho intramolecular Hbond substituents is 1. The van der Waals surface area contributed by atoms with Crippen molar-refractivity contribution in [2.75, 3.05) is 20.8 Å². The van der Waals surface area contributed by atoms with Gasteiger partial charge in [-0.2, -0.15) is 0 Å². The van der Waals surface area contributed by atoms with E-state index in [1.807, 2.05) is 91.0 Å². The molecule has 0 radical (unpaired) electrons. The van der Waals surface area contributed by atoms with Crippen molar-refractivity contribution in [1.29, 1.82) is 0 Å². The molecule has 0 bridgehead atoms. The van der Waals surface area contributed by atoms with E-state index in [9.17, 15) is 19.8 Å². The molecule has 4 aromatic carbocycles. The summed E-state index contributed by atoms with van der Waals surface area (Å²) < 4.78 is 28.3. The van der Waals surface area contributed by atoms with Gasteiger partial charge < -0.3 is 33.9 Å². The SMILES string of the molecule is COC(=O)c1cc([C@@H](OCc2ccccc2)[C@@H](OCc2ccccc2)[C@H](O)COCc2ccccc2)cc(C(=O)OC)c1O. The lowest BCUT2D eigenvalue weighted by atomic mass is 9.95. The van der Waals surface area contributed by atoms with Crippen LogP contribution in [0.1, 0.15) is 49.1 Å². The number of aliphatic hydroxyl groups excluding tert-OH is 1. The zero-order chi connectivity index (χ0) is 31.3. The van der Waals surface area contributed by atoms with Crippen molar-refractivity contribution in [3.8, 4) is 5.75 Å². The molecule has 0 heterocycles. The van der Waals surface area contributed by atoms with E-state index in [2.05, 4.69) is 0 Å². The normalized spacial score (nSPS) is 13.1. The third-order valence-electron chi connectivity index (χ3n) is 6.91. The lowest BCUT2D eigenvalue weighted by Gasteiger charge is -2.32. The van der Waals surface area contributed by atoms with Crippen molar-refractivity contribution >= 4 is 11.9 Å². The second-order valence-corrected chi connectivity index (χ2v) is 9.99. The lowest BCUT2D eigenvalue weighted by Crippen LogP contribution is -2.39. The van der Waals surface area contributed by atoms with Gasteiger partial charge in [-0.3, -0.25) is 0 Å². The number of rotatable bonds is 15. The highest BCUT2D eigenvalue weighted by Gasteiger charge is 2.34. The van der Waals surface area contributed by atoms with Crippen LogP contribution in [0, 0.1) is 0 Å². The highest BCUT2D eigenvalue weighted by molar-refractivity contribution is 6.00. The Balaban J connectivity index is 1.74. The van der Waals surface area contributed by atoms with Gasteiger partial charge in [0.1, 0.15) is 35.2 Å². The molecule has 0 aliphatic carbocycles. The first-order valence-corrected chi connectivity index (χ1v) is 14.1. The maximum Gasteiger partial charge on any atom is 0.341 e. The summed E-state index contributed by atoms with van der Waals surface area (Å²) in [4.78, 5) is 25.3. The first-order valence-electron chi connectivity index (χ1n) is 14.1. The minimum atomic E-state index is -1.21. The average molecular weight is 601 g/mol. The van der Waals surface area contributed by atoms with E-state index in [-0.39, 0.29) is 43.1 Å². The van der Waals surface area contributed by atoms with E-state index < -0.39 is 36.0 Å². The quantitative estimate of drug-likeness (QED) is 0.173. The largest absolute Gasteiger partial charge is 0.506 e. The van der Waals surface area contributed by atoms with Crippen molar-refractivity contribution in [3.05, 3.63) is 137 Å². The summed E-state index contributed by atoms with van der Waals surface area (Å²) in [5.41, 5.74) is 2.37. The van der Waals surface area contributed by atoms with E-state index in [0.29, 0.717) is 0 Å². The van der Waals surface area contributed by atoms with Crippen molar-refractivity contribution in [1.82, 2.24) is 0 Å². The maximum absolute atomic E-state index is 12.7.